The highest BCUT2D eigenvalue weighted by Gasteiger charge is 2.33. The monoisotopic (exact) mass is 508 g/mol. The van der Waals surface area contributed by atoms with Gasteiger partial charge < -0.3 is 14.6 Å². The molecule has 0 radical (unpaired) electrons. The van der Waals surface area contributed by atoms with E-state index < -0.39 is 34.7 Å². The number of alkyl halides is 3. The Labute approximate surface area is 193 Å². The topological polar surface area (TPSA) is 96.4 Å². The molecule has 0 unspecified atom stereocenters. The van der Waals surface area contributed by atoms with E-state index in [1.54, 1.807) is 18.2 Å². The van der Waals surface area contributed by atoms with Gasteiger partial charge in [-0.15, -0.1) is 13.2 Å². The number of aliphatic carboxylic acids is 1. The van der Waals surface area contributed by atoms with Crippen molar-refractivity contribution in [1.29, 1.82) is 0 Å². The van der Waals surface area contributed by atoms with Gasteiger partial charge in [0.15, 0.2) is 6.61 Å². The number of carbonyl (C=O) groups is 1. The number of nitrogens with zero attached hydrogens (tertiary/aromatic N) is 2. The minimum atomic E-state index is -4.93. The van der Waals surface area contributed by atoms with Crippen LogP contribution in [0.25, 0.3) is 0 Å². The van der Waals surface area contributed by atoms with Crippen molar-refractivity contribution < 1.29 is 41.0 Å². The van der Waals surface area contributed by atoms with Gasteiger partial charge in [-0.3, -0.25) is 4.90 Å². The first kappa shape index (κ1) is 25.1. The van der Waals surface area contributed by atoms with Crippen molar-refractivity contribution in [3.63, 3.8) is 0 Å². The molecule has 1 saturated heterocycles. The van der Waals surface area contributed by atoms with E-state index in [9.17, 15) is 26.4 Å². The van der Waals surface area contributed by atoms with E-state index in [4.69, 9.17) is 21.4 Å². The van der Waals surface area contributed by atoms with Crippen LogP contribution in [0.5, 0.6) is 11.5 Å². The molecular weight excluding hydrogens is 489 g/mol. The van der Waals surface area contributed by atoms with Crippen LogP contribution in [0.3, 0.4) is 0 Å². The zero-order chi connectivity index (χ0) is 24.2. The third kappa shape index (κ3) is 6.97. The van der Waals surface area contributed by atoms with Gasteiger partial charge in [-0.1, -0.05) is 17.7 Å². The lowest BCUT2D eigenvalue weighted by Gasteiger charge is -2.34. The van der Waals surface area contributed by atoms with E-state index in [0.29, 0.717) is 36.0 Å². The van der Waals surface area contributed by atoms with Crippen molar-refractivity contribution in [1.82, 2.24) is 9.21 Å². The van der Waals surface area contributed by atoms with Gasteiger partial charge in [-0.05, 0) is 30.3 Å². The van der Waals surface area contributed by atoms with Crippen LogP contribution in [-0.4, -0.2) is 67.8 Å². The van der Waals surface area contributed by atoms with Gasteiger partial charge in [0.05, 0.1) is 4.90 Å². The van der Waals surface area contributed by atoms with E-state index in [1.165, 1.54) is 16.4 Å². The molecule has 1 aliphatic heterocycles. The Morgan fingerprint density at radius 1 is 1.09 bits per heavy atom. The van der Waals surface area contributed by atoms with Crippen molar-refractivity contribution >= 4 is 27.6 Å². The maximum absolute atomic E-state index is 12.9. The first-order chi connectivity index (χ1) is 15.4. The third-order valence-corrected chi connectivity index (χ3v) is 6.91. The van der Waals surface area contributed by atoms with Gasteiger partial charge in [0, 0.05) is 49.4 Å². The Balaban J connectivity index is 1.66. The number of carboxylic acid groups (broad SMARTS) is 1. The number of piperazine rings is 1. The molecule has 13 heteroatoms. The first-order valence-corrected chi connectivity index (χ1v) is 11.5. The summed E-state index contributed by atoms with van der Waals surface area (Å²) in [5.41, 5.74) is 0.650. The highest BCUT2D eigenvalue weighted by atomic mass is 35.5. The maximum atomic E-state index is 12.9. The van der Waals surface area contributed by atoms with E-state index in [2.05, 4.69) is 4.74 Å². The number of carboxylic acids is 1. The second kappa shape index (κ2) is 10.2. The molecule has 0 aromatic heterocycles. The predicted molar refractivity (Wildman–Crippen MR) is 112 cm³/mol. The van der Waals surface area contributed by atoms with E-state index >= 15 is 0 Å². The quantitative estimate of drug-likeness (QED) is 0.585. The average molecular weight is 509 g/mol. The molecule has 0 saturated carbocycles. The van der Waals surface area contributed by atoms with Gasteiger partial charge >= 0.3 is 12.3 Å². The standard InChI is InChI=1S/C20H20ClF3N2O6S/c21-15-4-5-18(31-13-19(27)28)14(10-15)12-25-6-8-26(9-7-25)33(29,30)17-3-1-2-16(11-17)32-20(22,23)24/h1-5,10-11H,6-9,12-13H2,(H,27,28). The number of hydrogen-bond donors (Lipinski definition) is 1. The maximum Gasteiger partial charge on any atom is 0.573 e. The largest absolute Gasteiger partial charge is 0.573 e. The lowest BCUT2D eigenvalue weighted by molar-refractivity contribution is -0.274. The van der Waals surface area contributed by atoms with Crippen LogP contribution in [0.15, 0.2) is 47.4 Å². The summed E-state index contributed by atoms with van der Waals surface area (Å²) in [5, 5.41) is 9.27. The van der Waals surface area contributed by atoms with Crippen molar-refractivity contribution in [2.24, 2.45) is 0 Å². The molecule has 1 fully saturated rings. The lowest BCUT2D eigenvalue weighted by atomic mass is 10.1. The Morgan fingerprint density at radius 2 is 1.79 bits per heavy atom. The summed E-state index contributed by atoms with van der Waals surface area (Å²) in [6.07, 6.45) is -4.93. The first-order valence-electron chi connectivity index (χ1n) is 9.65. The van der Waals surface area contributed by atoms with E-state index in [1.807, 2.05) is 4.90 Å². The van der Waals surface area contributed by atoms with Crippen LogP contribution in [0.4, 0.5) is 13.2 Å². The normalized spacial score (nSPS) is 15.9. The summed E-state index contributed by atoms with van der Waals surface area (Å²) >= 11 is 6.04. The summed E-state index contributed by atoms with van der Waals surface area (Å²) in [4.78, 5) is 12.4. The van der Waals surface area contributed by atoms with Gasteiger partial charge in [-0.2, -0.15) is 4.31 Å². The Kier molecular flexibility index (Phi) is 7.73. The second-order valence-electron chi connectivity index (χ2n) is 7.14. The van der Waals surface area contributed by atoms with Crippen molar-refractivity contribution in [3.05, 3.63) is 53.1 Å². The fraction of sp³-hybridized carbons (Fsp3) is 0.350. The van der Waals surface area contributed by atoms with E-state index in [-0.39, 0.29) is 18.0 Å². The highest BCUT2D eigenvalue weighted by Crippen LogP contribution is 2.28. The van der Waals surface area contributed by atoms with Crippen LogP contribution >= 0.6 is 11.6 Å². The zero-order valence-electron chi connectivity index (χ0n) is 17.1. The number of halogens is 4. The predicted octanol–water partition coefficient (Wildman–Crippen LogP) is 3.21. The van der Waals surface area contributed by atoms with Crippen LogP contribution in [0.2, 0.25) is 5.02 Å². The minimum Gasteiger partial charge on any atom is -0.482 e. The summed E-state index contributed by atoms with van der Waals surface area (Å²) in [7, 11) is -4.02. The molecular formula is C20H20ClF3N2O6S. The van der Waals surface area contributed by atoms with Crippen LogP contribution < -0.4 is 9.47 Å². The second-order valence-corrected chi connectivity index (χ2v) is 9.51. The summed E-state index contributed by atoms with van der Waals surface area (Å²) < 4.78 is 73.4. The molecule has 3 rings (SSSR count). The van der Waals surface area contributed by atoms with Crippen molar-refractivity contribution in [2.75, 3.05) is 32.8 Å². The molecule has 33 heavy (non-hydrogen) atoms. The number of benzene rings is 2. The smallest absolute Gasteiger partial charge is 0.482 e. The fourth-order valence-corrected chi connectivity index (χ4v) is 4.95. The molecule has 180 valence electrons. The summed E-state index contributed by atoms with van der Waals surface area (Å²) in [5.74, 6) is -1.38. The molecule has 0 atom stereocenters. The third-order valence-electron chi connectivity index (χ3n) is 4.78. The SMILES string of the molecule is O=C(O)COc1ccc(Cl)cc1CN1CCN(S(=O)(=O)c2cccc(OC(F)(F)F)c2)CC1. The lowest BCUT2D eigenvalue weighted by Crippen LogP contribution is -2.48. The van der Waals surface area contributed by atoms with Crippen LogP contribution in [0.1, 0.15) is 5.56 Å². The Morgan fingerprint density at radius 3 is 2.42 bits per heavy atom. The van der Waals surface area contributed by atoms with E-state index in [0.717, 1.165) is 12.1 Å². The average Bonchev–Trinajstić information content (AvgIpc) is 2.72. The van der Waals surface area contributed by atoms with Crippen LogP contribution in [-0.2, 0) is 21.4 Å². The van der Waals surface area contributed by atoms with Gasteiger partial charge in [0.25, 0.3) is 0 Å². The fourth-order valence-electron chi connectivity index (χ4n) is 3.30. The zero-order valence-corrected chi connectivity index (χ0v) is 18.7. The number of sulfonamides is 1. The molecule has 2 aromatic carbocycles. The Bertz CT molecular complexity index is 1110. The number of hydrogen-bond acceptors (Lipinski definition) is 6. The highest BCUT2D eigenvalue weighted by molar-refractivity contribution is 7.89. The van der Waals surface area contributed by atoms with Gasteiger partial charge in [0.1, 0.15) is 11.5 Å². The molecule has 0 spiro atoms. The van der Waals surface area contributed by atoms with Crippen molar-refractivity contribution in [2.45, 2.75) is 17.8 Å². The molecule has 8 nitrogen and oxygen atoms in total. The van der Waals surface area contributed by atoms with Crippen LogP contribution in [0, 0.1) is 0 Å². The molecule has 1 heterocycles. The Hall–Kier alpha value is -2.54. The van der Waals surface area contributed by atoms with Gasteiger partial charge in [-0.25, -0.2) is 13.2 Å². The molecule has 0 bridgehead atoms. The van der Waals surface area contributed by atoms with Gasteiger partial charge in [0.2, 0.25) is 10.0 Å². The minimum absolute atomic E-state index is 0.110. The number of ether oxygens (including phenoxy) is 2. The molecule has 1 N–H and O–H groups in total. The summed E-state index contributed by atoms with van der Waals surface area (Å²) in [6, 6.07) is 9.05. The molecule has 0 amide bonds. The number of rotatable bonds is 8. The molecule has 2 aromatic rings. The summed E-state index contributed by atoms with van der Waals surface area (Å²) in [6.45, 7) is 0.721. The van der Waals surface area contributed by atoms with Crippen molar-refractivity contribution in [3.8, 4) is 11.5 Å². The molecule has 1 aliphatic rings. The molecule has 0 aliphatic carbocycles.